The molecule has 0 aliphatic heterocycles. The number of halogens is 1. The number of alkyl halides is 1. The highest BCUT2D eigenvalue weighted by Gasteiger charge is 2.17. The van der Waals surface area contributed by atoms with Gasteiger partial charge in [0.05, 0.1) is 6.42 Å². The second-order valence-corrected chi connectivity index (χ2v) is 7.02. The van der Waals surface area contributed by atoms with Gasteiger partial charge in [-0.25, -0.2) is 0 Å². The first-order chi connectivity index (χ1) is 10.5. The van der Waals surface area contributed by atoms with Crippen LogP contribution in [0.3, 0.4) is 0 Å². The third-order valence-electron chi connectivity index (χ3n) is 3.29. The van der Waals surface area contributed by atoms with Gasteiger partial charge in [0.2, 0.25) is 0 Å². The van der Waals surface area contributed by atoms with Gasteiger partial charge in [0.15, 0.2) is 4.90 Å². The second-order valence-electron chi connectivity index (χ2n) is 5.05. The molecule has 0 bridgehead atoms. The lowest BCUT2D eigenvalue weighted by Gasteiger charge is -2.14. The largest absolute Gasteiger partial charge is 0.612 e. The normalized spacial score (nSPS) is 13.6. The van der Waals surface area contributed by atoms with Crippen molar-refractivity contribution in [2.24, 2.45) is 0 Å². The van der Waals surface area contributed by atoms with Crippen molar-refractivity contribution < 1.29 is 14.5 Å². The number of carboxylic acids is 1. The molecule has 0 saturated heterocycles. The van der Waals surface area contributed by atoms with Crippen molar-refractivity contribution in [3.63, 3.8) is 0 Å². The molecule has 2 atom stereocenters. The first-order valence-corrected chi connectivity index (χ1v) is 8.84. The van der Waals surface area contributed by atoms with Crippen LogP contribution in [0.4, 0.5) is 0 Å². The summed E-state index contributed by atoms with van der Waals surface area (Å²) in [5, 5.41) is 8.29. The van der Waals surface area contributed by atoms with Crippen LogP contribution < -0.4 is 0 Å². The Balaban J connectivity index is 2.30. The molecule has 2 unspecified atom stereocenters. The van der Waals surface area contributed by atoms with Crippen LogP contribution in [0.15, 0.2) is 53.4 Å². The number of carboxylic acid groups (broad SMARTS) is 1. The summed E-state index contributed by atoms with van der Waals surface area (Å²) in [4.78, 5) is 11.4. The van der Waals surface area contributed by atoms with E-state index in [4.69, 9.17) is 16.7 Å². The minimum Gasteiger partial charge on any atom is -0.612 e. The monoisotopic (exact) mass is 336 g/mol. The molecule has 0 aliphatic carbocycles. The standard InChI is InChI=1S/C17H17ClO3S/c1-22(21)16-10-12(9-14(18)11-17(19)20)7-8-15(16)13-5-3-2-4-6-13/h2-8,10,14H,9,11H2,1H3,(H,19,20). The highest BCUT2D eigenvalue weighted by atomic mass is 35.5. The van der Waals surface area contributed by atoms with Gasteiger partial charge in [-0.2, -0.15) is 0 Å². The molecule has 3 nitrogen and oxygen atoms in total. The zero-order valence-corrected chi connectivity index (χ0v) is 13.7. The fraction of sp³-hybridized carbons (Fsp3) is 0.235. The van der Waals surface area contributed by atoms with Crippen molar-refractivity contribution in [1.82, 2.24) is 0 Å². The summed E-state index contributed by atoms with van der Waals surface area (Å²) in [6.45, 7) is 0. The lowest BCUT2D eigenvalue weighted by Crippen LogP contribution is -2.11. The SMILES string of the molecule is C[S+]([O-])c1cc(CC(Cl)CC(=O)O)ccc1-c1ccccc1. The van der Waals surface area contributed by atoms with E-state index in [2.05, 4.69) is 0 Å². The van der Waals surface area contributed by atoms with Crippen molar-refractivity contribution >= 4 is 28.7 Å². The van der Waals surface area contributed by atoms with Crippen LogP contribution >= 0.6 is 11.6 Å². The number of rotatable bonds is 6. The highest BCUT2D eigenvalue weighted by molar-refractivity contribution is 7.90. The second kappa shape index (κ2) is 7.68. The first-order valence-electron chi connectivity index (χ1n) is 6.85. The summed E-state index contributed by atoms with van der Waals surface area (Å²) in [6.07, 6.45) is 1.99. The van der Waals surface area contributed by atoms with Crippen LogP contribution in [0.2, 0.25) is 0 Å². The molecule has 2 rings (SSSR count). The predicted molar refractivity (Wildman–Crippen MR) is 89.8 cm³/mol. The third-order valence-corrected chi connectivity index (χ3v) is 4.56. The van der Waals surface area contributed by atoms with Crippen LogP contribution in [0.5, 0.6) is 0 Å². The maximum Gasteiger partial charge on any atom is 0.304 e. The molecule has 0 heterocycles. The molecule has 0 aliphatic rings. The van der Waals surface area contributed by atoms with Crippen molar-refractivity contribution in [2.75, 3.05) is 6.26 Å². The number of benzene rings is 2. The van der Waals surface area contributed by atoms with E-state index >= 15 is 0 Å². The van der Waals surface area contributed by atoms with Gasteiger partial charge in [0.1, 0.15) is 6.26 Å². The Morgan fingerprint density at radius 1 is 1.27 bits per heavy atom. The zero-order valence-electron chi connectivity index (χ0n) is 12.2. The Morgan fingerprint density at radius 2 is 1.95 bits per heavy atom. The minimum atomic E-state index is -1.14. The summed E-state index contributed by atoms with van der Waals surface area (Å²) in [6, 6.07) is 15.4. The molecule has 1 N–H and O–H groups in total. The van der Waals surface area contributed by atoms with E-state index in [9.17, 15) is 9.35 Å². The molecular weight excluding hydrogens is 320 g/mol. The average molecular weight is 337 g/mol. The molecule has 0 amide bonds. The number of hydrogen-bond donors (Lipinski definition) is 1. The lowest BCUT2D eigenvalue weighted by atomic mass is 10.0. The van der Waals surface area contributed by atoms with Gasteiger partial charge in [-0.05, 0) is 40.9 Å². The van der Waals surface area contributed by atoms with E-state index in [1.54, 1.807) is 6.26 Å². The van der Waals surface area contributed by atoms with Gasteiger partial charge in [-0.3, -0.25) is 4.79 Å². The molecule has 116 valence electrons. The topological polar surface area (TPSA) is 60.4 Å². The first kappa shape index (κ1) is 16.9. The molecule has 0 spiro atoms. The maximum atomic E-state index is 12.0. The molecule has 0 aromatic heterocycles. The highest BCUT2D eigenvalue weighted by Crippen LogP contribution is 2.29. The minimum absolute atomic E-state index is 0.0907. The molecule has 5 heteroatoms. The smallest absolute Gasteiger partial charge is 0.304 e. The quantitative estimate of drug-likeness (QED) is 0.646. The summed E-state index contributed by atoms with van der Waals surface area (Å²) < 4.78 is 12.0. The lowest BCUT2D eigenvalue weighted by molar-refractivity contribution is -0.137. The Morgan fingerprint density at radius 3 is 2.55 bits per heavy atom. The van der Waals surface area contributed by atoms with Crippen LogP contribution in [0.25, 0.3) is 11.1 Å². The Labute approximate surface area is 138 Å². The molecule has 0 saturated carbocycles. The third kappa shape index (κ3) is 4.50. The van der Waals surface area contributed by atoms with E-state index in [0.717, 1.165) is 21.6 Å². The fourth-order valence-corrected chi connectivity index (χ4v) is 3.43. The van der Waals surface area contributed by atoms with Crippen LogP contribution in [-0.2, 0) is 22.4 Å². The maximum absolute atomic E-state index is 12.0. The predicted octanol–water partition coefficient (Wildman–Crippen LogP) is 3.72. The average Bonchev–Trinajstić information content (AvgIpc) is 2.47. The molecule has 22 heavy (non-hydrogen) atoms. The van der Waals surface area contributed by atoms with Gasteiger partial charge in [-0.15, -0.1) is 11.6 Å². The number of aliphatic carboxylic acids is 1. The van der Waals surface area contributed by atoms with Crippen LogP contribution in [0, 0.1) is 0 Å². The molecule has 2 aromatic rings. The number of carbonyl (C=O) groups is 1. The van der Waals surface area contributed by atoms with Crippen LogP contribution in [-0.4, -0.2) is 27.3 Å². The van der Waals surface area contributed by atoms with E-state index in [1.165, 1.54) is 0 Å². The molecule has 0 fully saturated rings. The Kier molecular flexibility index (Phi) is 5.89. The Hall–Kier alpha value is -1.49. The van der Waals surface area contributed by atoms with Gasteiger partial charge >= 0.3 is 5.97 Å². The van der Waals surface area contributed by atoms with Gasteiger partial charge in [0, 0.05) is 10.9 Å². The van der Waals surface area contributed by atoms with Gasteiger partial charge in [0.25, 0.3) is 0 Å². The van der Waals surface area contributed by atoms with E-state index < -0.39 is 22.5 Å². The van der Waals surface area contributed by atoms with E-state index in [-0.39, 0.29) is 6.42 Å². The number of hydrogen-bond acceptors (Lipinski definition) is 2. The van der Waals surface area contributed by atoms with Crippen molar-refractivity contribution in [2.45, 2.75) is 23.1 Å². The van der Waals surface area contributed by atoms with Crippen molar-refractivity contribution in [3.8, 4) is 11.1 Å². The van der Waals surface area contributed by atoms with Gasteiger partial charge < -0.3 is 9.66 Å². The van der Waals surface area contributed by atoms with Gasteiger partial charge in [-0.1, -0.05) is 36.4 Å². The summed E-state index contributed by atoms with van der Waals surface area (Å²) in [5.74, 6) is -0.916. The molecule has 0 radical (unpaired) electrons. The summed E-state index contributed by atoms with van der Waals surface area (Å²) >= 11 is 4.91. The fourth-order valence-electron chi connectivity index (χ4n) is 2.31. The van der Waals surface area contributed by atoms with Crippen molar-refractivity contribution in [1.29, 1.82) is 0 Å². The Bertz CT molecular complexity index is 644. The molecular formula is C17H17ClO3S. The summed E-state index contributed by atoms with van der Waals surface area (Å²) in [7, 11) is 0. The van der Waals surface area contributed by atoms with E-state index in [0.29, 0.717) is 6.42 Å². The zero-order chi connectivity index (χ0) is 16.1. The van der Waals surface area contributed by atoms with Crippen LogP contribution in [0.1, 0.15) is 12.0 Å². The summed E-state index contributed by atoms with van der Waals surface area (Å²) in [5.41, 5.74) is 2.83. The molecule has 2 aromatic carbocycles. The van der Waals surface area contributed by atoms with E-state index in [1.807, 2.05) is 48.5 Å². The van der Waals surface area contributed by atoms with Crippen molar-refractivity contribution in [3.05, 3.63) is 54.1 Å².